The van der Waals surface area contributed by atoms with Crippen molar-refractivity contribution in [2.24, 2.45) is 0 Å². The van der Waals surface area contributed by atoms with Crippen LogP contribution in [-0.2, 0) is 22.6 Å². The topological polar surface area (TPSA) is 86.6 Å². The molecule has 3 aromatic carbocycles. The van der Waals surface area contributed by atoms with Gasteiger partial charge in [-0.2, -0.15) is 0 Å². The summed E-state index contributed by atoms with van der Waals surface area (Å²) in [4.78, 5) is 23.4. The van der Waals surface area contributed by atoms with Gasteiger partial charge in [-0.25, -0.2) is 4.79 Å². The second-order valence-corrected chi connectivity index (χ2v) is 6.87. The van der Waals surface area contributed by atoms with Gasteiger partial charge in [0.25, 0.3) is 0 Å². The van der Waals surface area contributed by atoms with Gasteiger partial charge in [-0.05, 0) is 46.9 Å². The SMILES string of the molecule is O=C(O)/C=C/c1ccc(-c2cccc(CO)c2)c(NC(=O)CCc2ccccc2)c1. The molecule has 30 heavy (non-hydrogen) atoms. The number of nitrogens with one attached hydrogen (secondary N) is 1. The van der Waals surface area contributed by atoms with E-state index in [1.165, 1.54) is 6.08 Å². The number of hydrogen-bond acceptors (Lipinski definition) is 3. The molecule has 0 heterocycles. The molecule has 3 aromatic rings. The van der Waals surface area contributed by atoms with Crippen molar-refractivity contribution in [2.45, 2.75) is 19.4 Å². The van der Waals surface area contributed by atoms with Crippen molar-refractivity contribution < 1.29 is 19.8 Å². The van der Waals surface area contributed by atoms with E-state index in [0.717, 1.165) is 28.3 Å². The molecule has 1 amide bonds. The number of carboxylic acid groups (broad SMARTS) is 1. The molecule has 3 rings (SSSR count). The van der Waals surface area contributed by atoms with Crippen LogP contribution in [0.25, 0.3) is 17.2 Å². The van der Waals surface area contributed by atoms with Crippen molar-refractivity contribution in [3.05, 3.63) is 95.6 Å². The van der Waals surface area contributed by atoms with Crippen LogP contribution in [0.4, 0.5) is 5.69 Å². The van der Waals surface area contributed by atoms with Gasteiger partial charge in [0, 0.05) is 23.7 Å². The maximum absolute atomic E-state index is 12.6. The molecule has 0 aliphatic heterocycles. The average molecular weight is 401 g/mol. The molecule has 0 unspecified atom stereocenters. The highest BCUT2D eigenvalue weighted by Crippen LogP contribution is 2.30. The lowest BCUT2D eigenvalue weighted by molar-refractivity contribution is -0.131. The first-order valence-corrected chi connectivity index (χ1v) is 9.64. The summed E-state index contributed by atoms with van der Waals surface area (Å²) in [6.07, 6.45) is 3.49. The summed E-state index contributed by atoms with van der Waals surface area (Å²) in [5.41, 5.74) is 4.76. The van der Waals surface area contributed by atoms with Crippen LogP contribution in [0.1, 0.15) is 23.1 Å². The Kier molecular flexibility index (Phi) is 7.14. The van der Waals surface area contributed by atoms with Crippen LogP contribution in [0.3, 0.4) is 0 Å². The number of hydrogen-bond donors (Lipinski definition) is 3. The number of aliphatic hydroxyl groups is 1. The van der Waals surface area contributed by atoms with E-state index in [1.807, 2.05) is 60.7 Å². The fourth-order valence-corrected chi connectivity index (χ4v) is 3.14. The van der Waals surface area contributed by atoms with E-state index in [2.05, 4.69) is 5.32 Å². The van der Waals surface area contributed by atoms with E-state index in [1.54, 1.807) is 12.1 Å². The number of aliphatic hydroxyl groups excluding tert-OH is 1. The Morgan fingerprint density at radius 2 is 1.67 bits per heavy atom. The molecule has 152 valence electrons. The van der Waals surface area contributed by atoms with Gasteiger partial charge in [0.15, 0.2) is 0 Å². The van der Waals surface area contributed by atoms with E-state index in [-0.39, 0.29) is 12.5 Å². The Hall–Kier alpha value is -3.70. The third kappa shape index (κ3) is 5.90. The number of carbonyl (C=O) groups excluding carboxylic acids is 1. The number of carboxylic acids is 1. The summed E-state index contributed by atoms with van der Waals surface area (Å²) in [6, 6.07) is 22.6. The summed E-state index contributed by atoms with van der Waals surface area (Å²) in [5, 5.41) is 21.3. The molecule has 0 aromatic heterocycles. The predicted molar refractivity (Wildman–Crippen MR) is 118 cm³/mol. The van der Waals surface area contributed by atoms with Gasteiger partial charge in [-0.15, -0.1) is 0 Å². The van der Waals surface area contributed by atoms with Crippen molar-refractivity contribution in [3.63, 3.8) is 0 Å². The lowest BCUT2D eigenvalue weighted by Crippen LogP contribution is -2.13. The van der Waals surface area contributed by atoms with E-state index in [9.17, 15) is 14.7 Å². The summed E-state index contributed by atoms with van der Waals surface area (Å²) >= 11 is 0. The van der Waals surface area contributed by atoms with Gasteiger partial charge in [-0.3, -0.25) is 4.79 Å². The van der Waals surface area contributed by atoms with Gasteiger partial charge in [0.2, 0.25) is 5.91 Å². The van der Waals surface area contributed by atoms with E-state index in [4.69, 9.17) is 5.11 Å². The lowest BCUT2D eigenvalue weighted by Gasteiger charge is -2.13. The first kappa shape index (κ1) is 21.0. The van der Waals surface area contributed by atoms with Crippen LogP contribution >= 0.6 is 0 Å². The quantitative estimate of drug-likeness (QED) is 0.485. The first-order valence-electron chi connectivity index (χ1n) is 9.64. The zero-order valence-electron chi connectivity index (χ0n) is 16.4. The maximum Gasteiger partial charge on any atom is 0.328 e. The Morgan fingerprint density at radius 1 is 0.900 bits per heavy atom. The molecule has 0 aliphatic carbocycles. The minimum Gasteiger partial charge on any atom is -0.478 e. The number of anilines is 1. The first-order chi connectivity index (χ1) is 14.5. The lowest BCUT2D eigenvalue weighted by atomic mass is 9.99. The number of aryl methyl sites for hydroxylation is 1. The van der Waals surface area contributed by atoms with Crippen LogP contribution in [0.5, 0.6) is 0 Å². The van der Waals surface area contributed by atoms with E-state index in [0.29, 0.717) is 24.1 Å². The van der Waals surface area contributed by atoms with Crippen LogP contribution in [0.2, 0.25) is 0 Å². The van der Waals surface area contributed by atoms with Crippen molar-refractivity contribution in [1.82, 2.24) is 0 Å². The molecule has 0 saturated carbocycles. The smallest absolute Gasteiger partial charge is 0.328 e. The zero-order chi connectivity index (χ0) is 21.3. The summed E-state index contributed by atoms with van der Waals surface area (Å²) in [5.74, 6) is -1.17. The van der Waals surface area contributed by atoms with Gasteiger partial charge >= 0.3 is 5.97 Å². The van der Waals surface area contributed by atoms with Crippen molar-refractivity contribution in [2.75, 3.05) is 5.32 Å². The Bertz CT molecular complexity index is 1060. The fourth-order valence-electron chi connectivity index (χ4n) is 3.14. The maximum atomic E-state index is 12.6. The second-order valence-electron chi connectivity index (χ2n) is 6.87. The van der Waals surface area contributed by atoms with Gasteiger partial charge in [0.05, 0.1) is 6.61 Å². The van der Waals surface area contributed by atoms with Gasteiger partial charge in [0.1, 0.15) is 0 Å². The monoisotopic (exact) mass is 401 g/mol. The molecule has 5 nitrogen and oxygen atoms in total. The molecule has 0 saturated heterocycles. The van der Waals surface area contributed by atoms with Crippen LogP contribution in [0, 0.1) is 0 Å². The van der Waals surface area contributed by atoms with E-state index >= 15 is 0 Å². The van der Waals surface area contributed by atoms with Gasteiger partial charge < -0.3 is 15.5 Å². The number of rotatable bonds is 8. The largest absolute Gasteiger partial charge is 0.478 e. The third-order valence-electron chi connectivity index (χ3n) is 4.64. The van der Waals surface area contributed by atoms with Crippen LogP contribution < -0.4 is 5.32 Å². The van der Waals surface area contributed by atoms with Crippen molar-refractivity contribution in [1.29, 1.82) is 0 Å². The molecule has 0 fully saturated rings. The molecular formula is C25H23NO4. The summed E-state index contributed by atoms with van der Waals surface area (Å²) < 4.78 is 0. The number of carbonyl (C=O) groups is 2. The number of aliphatic carboxylic acids is 1. The molecule has 0 atom stereocenters. The average Bonchev–Trinajstić information content (AvgIpc) is 2.77. The Balaban J connectivity index is 1.87. The molecular weight excluding hydrogens is 378 g/mol. The minimum absolute atomic E-state index is 0.0773. The highest BCUT2D eigenvalue weighted by molar-refractivity contribution is 5.96. The molecule has 0 bridgehead atoms. The van der Waals surface area contributed by atoms with Crippen molar-refractivity contribution >= 4 is 23.6 Å². The van der Waals surface area contributed by atoms with Crippen LogP contribution in [-0.4, -0.2) is 22.1 Å². The summed E-state index contributed by atoms with van der Waals surface area (Å²) in [6.45, 7) is -0.0773. The third-order valence-corrected chi connectivity index (χ3v) is 4.64. The molecule has 0 aliphatic rings. The van der Waals surface area contributed by atoms with Crippen molar-refractivity contribution in [3.8, 4) is 11.1 Å². The highest BCUT2D eigenvalue weighted by atomic mass is 16.4. The molecule has 5 heteroatoms. The Morgan fingerprint density at radius 3 is 2.40 bits per heavy atom. The minimum atomic E-state index is -1.04. The zero-order valence-corrected chi connectivity index (χ0v) is 16.4. The van der Waals surface area contributed by atoms with Gasteiger partial charge in [-0.1, -0.05) is 60.7 Å². The highest BCUT2D eigenvalue weighted by Gasteiger charge is 2.11. The predicted octanol–water partition coefficient (Wildman–Crippen LogP) is 4.52. The normalized spacial score (nSPS) is 10.8. The number of amides is 1. The standard InChI is InChI=1S/C25H23NO4/c27-17-20-7-4-8-21(15-20)22-12-9-19(11-14-25(29)30)16-23(22)26-24(28)13-10-18-5-2-1-3-6-18/h1-9,11-12,14-16,27H,10,13,17H2,(H,26,28)(H,29,30)/b14-11+. The van der Waals surface area contributed by atoms with E-state index < -0.39 is 5.97 Å². The molecule has 3 N–H and O–H groups in total. The second kappa shape index (κ2) is 10.2. The molecule has 0 spiro atoms. The van der Waals surface area contributed by atoms with Crippen LogP contribution in [0.15, 0.2) is 78.9 Å². The molecule has 0 radical (unpaired) electrons. The number of benzene rings is 3. The fraction of sp³-hybridized carbons (Fsp3) is 0.120. The summed E-state index contributed by atoms with van der Waals surface area (Å²) in [7, 11) is 0. The Labute approximate surface area is 175 Å².